The van der Waals surface area contributed by atoms with Gasteiger partial charge in [0.05, 0.1) is 24.5 Å². The Morgan fingerprint density at radius 2 is 1.66 bits per heavy atom. The van der Waals surface area contributed by atoms with Gasteiger partial charge in [-0.3, -0.25) is 14.4 Å². The summed E-state index contributed by atoms with van der Waals surface area (Å²) in [6, 6.07) is 22.4. The highest BCUT2D eigenvalue weighted by molar-refractivity contribution is 6.24. The van der Waals surface area contributed by atoms with E-state index in [4.69, 9.17) is 9.57 Å². The lowest BCUT2D eigenvalue weighted by Gasteiger charge is -2.29. The van der Waals surface area contributed by atoms with Crippen molar-refractivity contribution >= 4 is 23.2 Å². The molecular weight excluding hydrogens is 404 g/mol. The summed E-state index contributed by atoms with van der Waals surface area (Å²) in [4.78, 5) is 34.6. The van der Waals surface area contributed by atoms with Crippen LogP contribution in [0.5, 0.6) is 5.75 Å². The first-order chi connectivity index (χ1) is 15.5. The number of para-hydroxylation sites is 1. The Bertz CT molecular complexity index is 1190. The quantitative estimate of drug-likeness (QED) is 0.578. The van der Waals surface area contributed by atoms with Crippen LogP contribution in [-0.4, -0.2) is 25.0 Å². The number of fused-ring (bicyclic) bond motifs is 1. The Morgan fingerprint density at radius 3 is 2.38 bits per heavy atom. The molecular formula is C26H24N2O4. The number of carbonyl (C=O) groups excluding carboxylic acids is 2. The third-order valence-corrected chi connectivity index (χ3v) is 6.15. The topological polar surface area (TPSA) is 59.1 Å². The summed E-state index contributed by atoms with van der Waals surface area (Å²) in [6.07, 6.45) is -0.889. The number of hydrogen-bond acceptors (Lipinski definition) is 5. The van der Waals surface area contributed by atoms with Gasteiger partial charge < -0.3 is 4.74 Å². The zero-order chi connectivity index (χ0) is 22.4. The molecule has 0 unspecified atom stereocenters. The number of nitrogens with zero attached hydrogens (tertiary/aromatic N) is 2. The minimum absolute atomic E-state index is 0.252. The summed E-state index contributed by atoms with van der Waals surface area (Å²) in [5.41, 5.74) is 4.20. The maximum atomic E-state index is 13.7. The molecule has 0 aromatic heterocycles. The van der Waals surface area contributed by atoms with Gasteiger partial charge in [-0.25, -0.2) is 9.96 Å². The van der Waals surface area contributed by atoms with Crippen LogP contribution in [0.25, 0.3) is 0 Å². The van der Waals surface area contributed by atoms with Crippen molar-refractivity contribution in [2.24, 2.45) is 5.92 Å². The first-order valence-corrected chi connectivity index (χ1v) is 10.6. The summed E-state index contributed by atoms with van der Waals surface area (Å²) in [5.74, 6) is -0.575. The molecule has 3 aromatic rings. The van der Waals surface area contributed by atoms with E-state index in [0.29, 0.717) is 11.4 Å². The number of aryl methyl sites for hydroxylation is 2. The van der Waals surface area contributed by atoms with Crippen LogP contribution >= 0.6 is 0 Å². The van der Waals surface area contributed by atoms with Crippen LogP contribution in [-0.2, 0) is 14.4 Å². The lowest BCUT2D eigenvalue weighted by molar-refractivity contribution is -0.126. The van der Waals surface area contributed by atoms with Crippen molar-refractivity contribution in [1.82, 2.24) is 0 Å². The molecule has 2 fully saturated rings. The number of imide groups is 1. The molecule has 6 nitrogen and oxygen atoms in total. The molecule has 2 aliphatic rings. The highest BCUT2D eigenvalue weighted by Crippen LogP contribution is 2.48. The number of rotatable bonds is 4. The Labute approximate surface area is 186 Å². The number of amides is 2. The monoisotopic (exact) mass is 428 g/mol. The van der Waals surface area contributed by atoms with E-state index in [1.807, 2.05) is 86.6 Å². The third kappa shape index (κ3) is 3.15. The SMILES string of the molecule is COc1cccc([C@@H]2[C@@H]3C(=O)N(c4ccc(C)cc4C)C(=O)[C@@H]3ON2c2ccccc2)c1. The van der Waals surface area contributed by atoms with Gasteiger partial charge in [0.15, 0.2) is 6.10 Å². The fraction of sp³-hybridized carbons (Fsp3) is 0.231. The molecule has 2 saturated heterocycles. The van der Waals surface area contributed by atoms with E-state index >= 15 is 0 Å². The second-order valence-electron chi connectivity index (χ2n) is 8.24. The van der Waals surface area contributed by atoms with Gasteiger partial charge in [0, 0.05) is 0 Å². The van der Waals surface area contributed by atoms with Crippen LogP contribution in [0.15, 0.2) is 72.8 Å². The number of hydroxylamine groups is 1. The molecule has 2 heterocycles. The zero-order valence-corrected chi connectivity index (χ0v) is 18.2. The highest BCUT2D eigenvalue weighted by Gasteiger charge is 2.60. The van der Waals surface area contributed by atoms with E-state index in [9.17, 15) is 9.59 Å². The highest BCUT2D eigenvalue weighted by atomic mass is 16.7. The number of hydrogen-bond donors (Lipinski definition) is 0. The normalized spacial score (nSPS) is 22.4. The Hall–Kier alpha value is -3.64. The van der Waals surface area contributed by atoms with Gasteiger partial charge in [-0.2, -0.15) is 0 Å². The van der Waals surface area contributed by atoms with Crippen LogP contribution < -0.4 is 14.7 Å². The molecule has 0 radical (unpaired) electrons. The van der Waals surface area contributed by atoms with Gasteiger partial charge in [-0.1, -0.05) is 48.0 Å². The van der Waals surface area contributed by atoms with Crippen molar-refractivity contribution in [2.75, 3.05) is 17.1 Å². The van der Waals surface area contributed by atoms with Crippen LogP contribution in [0.1, 0.15) is 22.7 Å². The molecule has 2 aliphatic heterocycles. The molecule has 0 bridgehead atoms. The zero-order valence-electron chi connectivity index (χ0n) is 18.2. The van der Waals surface area contributed by atoms with Crippen molar-refractivity contribution in [2.45, 2.75) is 26.0 Å². The second-order valence-corrected chi connectivity index (χ2v) is 8.24. The lowest BCUT2D eigenvalue weighted by Crippen LogP contribution is -2.37. The smallest absolute Gasteiger partial charge is 0.266 e. The largest absolute Gasteiger partial charge is 0.497 e. The fourth-order valence-corrected chi connectivity index (χ4v) is 4.67. The van der Waals surface area contributed by atoms with Crippen molar-refractivity contribution in [3.63, 3.8) is 0 Å². The average molecular weight is 428 g/mol. The van der Waals surface area contributed by atoms with E-state index in [0.717, 1.165) is 22.4 Å². The molecule has 0 N–H and O–H groups in total. The summed E-state index contributed by atoms with van der Waals surface area (Å²) in [7, 11) is 1.61. The van der Waals surface area contributed by atoms with Gasteiger partial charge in [0.1, 0.15) is 11.7 Å². The summed E-state index contributed by atoms with van der Waals surface area (Å²) in [6.45, 7) is 3.90. The van der Waals surface area contributed by atoms with Gasteiger partial charge >= 0.3 is 0 Å². The van der Waals surface area contributed by atoms with Crippen molar-refractivity contribution < 1.29 is 19.2 Å². The molecule has 3 aromatic carbocycles. The van der Waals surface area contributed by atoms with Crippen LogP contribution in [0.4, 0.5) is 11.4 Å². The average Bonchev–Trinajstić information content (AvgIpc) is 3.31. The summed E-state index contributed by atoms with van der Waals surface area (Å²) < 4.78 is 5.41. The number of anilines is 2. The van der Waals surface area contributed by atoms with Gasteiger partial charge in [-0.05, 0) is 55.3 Å². The minimum atomic E-state index is -0.889. The lowest BCUT2D eigenvalue weighted by atomic mass is 9.90. The minimum Gasteiger partial charge on any atom is -0.497 e. The maximum absolute atomic E-state index is 13.7. The van der Waals surface area contributed by atoms with Crippen LogP contribution in [0.3, 0.4) is 0 Å². The van der Waals surface area contributed by atoms with E-state index < -0.39 is 18.1 Å². The standard InChI is InChI=1S/C26H24N2O4/c1-16-12-13-21(17(2)14-16)27-25(29)22-23(18-8-7-11-20(15-18)31-3)28(32-24(22)26(27)30)19-9-5-4-6-10-19/h4-15,22-24H,1-3H3/t22-,23+,24+/m0/s1. The molecule has 2 amide bonds. The number of carbonyl (C=O) groups is 2. The molecule has 0 aliphatic carbocycles. The molecule has 162 valence electrons. The Morgan fingerprint density at radius 1 is 0.875 bits per heavy atom. The van der Waals surface area contributed by atoms with E-state index in [1.54, 1.807) is 12.2 Å². The number of ether oxygens (including phenoxy) is 1. The maximum Gasteiger partial charge on any atom is 0.266 e. The van der Waals surface area contributed by atoms with Crippen LogP contribution in [0, 0.1) is 19.8 Å². The number of methoxy groups -OCH3 is 1. The summed E-state index contributed by atoms with van der Waals surface area (Å²) >= 11 is 0. The number of benzene rings is 3. The van der Waals surface area contributed by atoms with Gasteiger partial charge in [0.2, 0.25) is 5.91 Å². The van der Waals surface area contributed by atoms with Crippen LogP contribution in [0.2, 0.25) is 0 Å². The molecule has 3 atom stereocenters. The molecule has 32 heavy (non-hydrogen) atoms. The first kappa shape index (κ1) is 20.3. The molecule has 0 saturated carbocycles. The third-order valence-electron chi connectivity index (χ3n) is 6.15. The predicted molar refractivity (Wildman–Crippen MR) is 121 cm³/mol. The Kier molecular flexibility index (Phi) is 4.94. The molecule has 6 heteroatoms. The predicted octanol–water partition coefficient (Wildman–Crippen LogP) is 4.36. The Balaban J connectivity index is 1.60. The van der Waals surface area contributed by atoms with Gasteiger partial charge in [-0.15, -0.1) is 0 Å². The van der Waals surface area contributed by atoms with E-state index in [-0.39, 0.29) is 11.8 Å². The second kappa shape index (κ2) is 7.80. The van der Waals surface area contributed by atoms with Crippen molar-refractivity contribution in [3.05, 3.63) is 89.5 Å². The molecule has 0 spiro atoms. The van der Waals surface area contributed by atoms with Crippen molar-refractivity contribution in [1.29, 1.82) is 0 Å². The summed E-state index contributed by atoms with van der Waals surface area (Å²) in [5, 5.41) is 1.69. The first-order valence-electron chi connectivity index (χ1n) is 10.6. The molecule has 5 rings (SSSR count). The van der Waals surface area contributed by atoms with E-state index in [1.165, 1.54) is 4.90 Å². The van der Waals surface area contributed by atoms with E-state index in [2.05, 4.69) is 0 Å². The van der Waals surface area contributed by atoms with Gasteiger partial charge in [0.25, 0.3) is 5.91 Å². The van der Waals surface area contributed by atoms with Crippen molar-refractivity contribution in [3.8, 4) is 5.75 Å². The fourth-order valence-electron chi connectivity index (χ4n) is 4.67.